The van der Waals surface area contributed by atoms with Crippen molar-refractivity contribution in [3.63, 3.8) is 0 Å². The fourth-order valence-electron chi connectivity index (χ4n) is 3.49. The number of thiophene rings is 1. The number of carbonyl (C=O) groups is 1. The number of amides is 1. The van der Waals surface area contributed by atoms with Gasteiger partial charge in [0.2, 0.25) is 0 Å². The molecule has 4 heterocycles. The third-order valence-electron chi connectivity index (χ3n) is 4.79. The highest BCUT2D eigenvalue weighted by Crippen LogP contribution is 2.27. The molecule has 6 heteroatoms. The lowest BCUT2D eigenvalue weighted by Gasteiger charge is -2.34. The molecule has 1 aliphatic rings. The van der Waals surface area contributed by atoms with Gasteiger partial charge in [-0.2, -0.15) is 0 Å². The summed E-state index contributed by atoms with van der Waals surface area (Å²) in [7, 11) is 0. The molecule has 5 nitrogen and oxygen atoms in total. The van der Waals surface area contributed by atoms with Gasteiger partial charge in [0.1, 0.15) is 10.5 Å². The molecule has 0 aromatic carbocycles. The average molecular weight is 341 g/mol. The van der Waals surface area contributed by atoms with E-state index >= 15 is 0 Å². The number of likely N-dealkylation sites (tertiary alicyclic amines) is 1. The molecule has 1 saturated heterocycles. The Bertz CT molecular complexity index is 975. The highest BCUT2D eigenvalue weighted by molar-refractivity contribution is 7.20. The Hall–Kier alpha value is -2.21. The number of hydrogen-bond donors (Lipinski definition) is 0. The maximum Gasteiger partial charge on any atom is 0.266 e. The first-order chi connectivity index (χ1) is 11.7. The van der Waals surface area contributed by atoms with Gasteiger partial charge in [-0.25, -0.2) is 4.98 Å². The van der Waals surface area contributed by atoms with E-state index in [9.17, 15) is 9.59 Å². The number of rotatable bonds is 2. The van der Waals surface area contributed by atoms with Crippen LogP contribution in [0, 0.1) is 0 Å². The molecular weight excluding hydrogens is 322 g/mol. The summed E-state index contributed by atoms with van der Waals surface area (Å²) in [4.78, 5) is 33.3. The molecule has 4 rings (SSSR count). The zero-order valence-corrected chi connectivity index (χ0v) is 14.4. The lowest BCUT2D eigenvalue weighted by molar-refractivity contribution is 0.0613. The smallest absolute Gasteiger partial charge is 0.266 e. The Morgan fingerprint density at radius 1 is 1.38 bits per heavy atom. The molecule has 1 aliphatic heterocycles. The molecule has 1 amide bonds. The van der Waals surface area contributed by atoms with E-state index in [0.717, 1.165) is 25.8 Å². The molecule has 0 N–H and O–H groups in total. The maximum absolute atomic E-state index is 12.9. The van der Waals surface area contributed by atoms with E-state index in [-0.39, 0.29) is 11.5 Å². The van der Waals surface area contributed by atoms with E-state index in [0.29, 0.717) is 26.8 Å². The van der Waals surface area contributed by atoms with Crippen molar-refractivity contribution < 1.29 is 4.79 Å². The van der Waals surface area contributed by atoms with E-state index in [4.69, 9.17) is 0 Å². The van der Waals surface area contributed by atoms with Gasteiger partial charge in [0.05, 0.1) is 10.3 Å². The second-order valence-electron chi connectivity index (χ2n) is 6.23. The number of nitrogens with zero attached hydrogens (tertiary/aromatic N) is 3. The van der Waals surface area contributed by atoms with Crippen LogP contribution in [-0.4, -0.2) is 32.8 Å². The minimum atomic E-state index is -0.114. The van der Waals surface area contributed by atoms with Gasteiger partial charge in [-0.05, 0) is 43.9 Å². The molecule has 0 saturated carbocycles. The zero-order chi connectivity index (χ0) is 16.7. The summed E-state index contributed by atoms with van der Waals surface area (Å²) in [5, 5.41) is 0.525. The van der Waals surface area contributed by atoms with Gasteiger partial charge >= 0.3 is 0 Å². The van der Waals surface area contributed by atoms with Crippen LogP contribution in [0.25, 0.3) is 15.9 Å². The van der Waals surface area contributed by atoms with Gasteiger partial charge in [0.15, 0.2) is 0 Å². The fourth-order valence-corrected chi connectivity index (χ4v) is 4.47. The molecule has 3 aromatic heterocycles. The van der Waals surface area contributed by atoms with E-state index in [1.807, 2.05) is 11.0 Å². The third kappa shape index (κ3) is 2.41. The maximum atomic E-state index is 12.9. The van der Waals surface area contributed by atoms with Crippen LogP contribution in [0.1, 0.15) is 42.3 Å². The van der Waals surface area contributed by atoms with Gasteiger partial charge in [-0.3, -0.25) is 14.0 Å². The highest BCUT2D eigenvalue weighted by atomic mass is 32.1. The highest BCUT2D eigenvalue weighted by Gasteiger charge is 2.27. The summed E-state index contributed by atoms with van der Waals surface area (Å²) in [6, 6.07) is 7.50. The molecule has 0 spiro atoms. The SMILES string of the molecule is CC[C@@H]1CCCCN1C(=O)c1cc2c(=O)n3ccccc3nc2s1. The molecule has 0 bridgehead atoms. The number of pyridine rings is 1. The van der Waals surface area contributed by atoms with Crippen molar-refractivity contribution >= 4 is 33.1 Å². The van der Waals surface area contributed by atoms with Crippen LogP contribution in [0.4, 0.5) is 0 Å². The van der Waals surface area contributed by atoms with Gasteiger partial charge in [-0.15, -0.1) is 11.3 Å². The Morgan fingerprint density at radius 2 is 2.25 bits per heavy atom. The van der Waals surface area contributed by atoms with E-state index in [2.05, 4.69) is 11.9 Å². The Labute approximate surface area is 143 Å². The third-order valence-corrected chi connectivity index (χ3v) is 5.80. The van der Waals surface area contributed by atoms with Crippen LogP contribution in [0.15, 0.2) is 35.3 Å². The van der Waals surface area contributed by atoms with Crippen LogP contribution >= 0.6 is 11.3 Å². The monoisotopic (exact) mass is 341 g/mol. The number of hydrogen-bond acceptors (Lipinski definition) is 4. The van der Waals surface area contributed by atoms with Crippen molar-refractivity contribution in [3.05, 3.63) is 45.7 Å². The molecule has 1 atom stereocenters. The summed E-state index contributed by atoms with van der Waals surface area (Å²) in [6.07, 6.45) is 5.99. The van der Waals surface area contributed by atoms with Gasteiger partial charge in [0, 0.05) is 18.8 Å². The molecular formula is C18H19N3O2S. The minimum Gasteiger partial charge on any atom is -0.335 e. The first kappa shape index (κ1) is 15.3. The van der Waals surface area contributed by atoms with Crippen LogP contribution in [-0.2, 0) is 0 Å². The van der Waals surface area contributed by atoms with Crippen molar-refractivity contribution in [2.45, 2.75) is 38.6 Å². The fraction of sp³-hybridized carbons (Fsp3) is 0.389. The van der Waals surface area contributed by atoms with Crippen molar-refractivity contribution in [3.8, 4) is 0 Å². The predicted octanol–water partition coefficient (Wildman–Crippen LogP) is 3.31. The number of piperidine rings is 1. The molecule has 24 heavy (non-hydrogen) atoms. The molecule has 0 aliphatic carbocycles. The molecule has 3 aromatic rings. The summed E-state index contributed by atoms with van der Waals surface area (Å²) in [6.45, 7) is 2.93. The molecule has 1 fully saturated rings. The second-order valence-corrected chi connectivity index (χ2v) is 7.26. The minimum absolute atomic E-state index is 0.0398. The van der Waals surface area contributed by atoms with Gasteiger partial charge in [0.25, 0.3) is 11.5 Å². The lowest BCUT2D eigenvalue weighted by Crippen LogP contribution is -2.43. The van der Waals surface area contributed by atoms with Crippen molar-refractivity contribution in [2.75, 3.05) is 6.54 Å². The van der Waals surface area contributed by atoms with E-state index < -0.39 is 0 Å². The summed E-state index contributed by atoms with van der Waals surface area (Å²) in [5.74, 6) is 0.0398. The van der Waals surface area contributed by atoms with Crippen molar-refractivity contribution in [1.82, 2.24) is 14.3 Å². The Balaban J connectivity index is 1.80. The van der Waals surface area contributed by atoms with Crippen LogP contribution in [0.3, 0.4) is 0 Å². The molecule has 124 valence electrons. The topological polar surface area (TPSA) is 54.7 Å². The van der Waals surface area contributed by atoms with Crippen LogP contribution in [0.5, 0.6) is 0 Å². The molecule has 0 radical (unpaired) electrons. The van der Waals surface area contributed by atoms with Gasteiger partial charge in [-0.1, -0.05) is 13.0 Å². The number of carbonyl (C=O) groups excluding carboxylic acids is 1. The molecule has 0 unspecified atom stereocenters. The van der Waals surface area contributed by atoms with E-state index in [1.165, 1.54) is 22.2 Å². The number of fused-ring (bicyclic) bond motifs is 2. The summed E-state index contributed by atoms with van der Waals surface area (Å²) >= 11 is 1.32. The summed E-state index contributed by atoms with van der Waals surface area (Å²) < 4.78 is 1.53. The summed E-state index contributed by atoms with van der Waals surface area (Å²) in [5.41, 5.74) is 0.497. The quantitative estimate of drug-likeness (QED) is 0.718. The first-order valence-electron chi connectivity index (χ1n) is 8.41. The zero-order valence-electron chi connectivity index (χ0n) is 13.6. The normalized spacial score (nSPS) is 18.4. The van der Waals surface area contributed by atoms with Crippen LogP contribution < -0.4 is 5.56 Å². The van der Waals surface area contributed by atoms with Gasteiger partial charge < -0.3 is 4.90 Å². The second kappa shape index (κ2) is 6.02. The van der Waals surface area contributed by atoms with E-state index in [1.54, 1.807) is 24.4 Å². The predicted molar refractivity (Wildman–Crippen MR) is 95.8 cm³/mol. The number of aromatic nitrogens is 2. The largest absolute Gasteiger partial charge is 0.335 e. The Kier molecular flexibility index (Phi) is 3.84. The van der Waals surface area contributed by atoms with Crippen molar-refractivity contribution in [1.29, 1.82) is 0 Å². The van der Waals surface area contributed by atoms with Crippen LogP contribution in [0.2, 0.25) is 0 Å². The van der Waals surface area contributed by atoms with Crippen molar-refractivity contribution in [2.24, 2.45) is 0 Å². The Morgan fingerprint density at radius 3 is 3.08 bits per heavy atom. The lowest BCUT2D eigenvalue weighted by atomic mass is 10.00. The average Bonchev–Trinajstić information content (AvgIpc) is 3.05. The first-order valence-corrected chi connectivity index (χ1v) is 9.22. The standard InChI is InChI=1S/C18H19N3O2S/c1-2-12-7-3-5-9-20(12)18(23)14-11-13-16(24-14)19-15-8-4-6-10-21(15)17(13)22/h4,6,8,10-12H,2-3,5,7,9H2,1H3/t12-/m1/s1.